The molecule has 8 heteroatoms. The minimum absolute atomic E-state index is 0.0301. The molecule has 2 aliphatic rings. The van der Waals surface area contributed by atoms with Gasteiger partial charge in [0, 0.05) is 16.1 Å². The lowest BCUT2D eigenvalue weighted by Gasteiger charge is -2.16. The second-order valence-corrected chi connectivity index (χ2v) is 9.65. The average Bonchev–Trinajstić information content (AvgIpc) is 3.41. The van der Waals surface area contributed by atoms with Crippen molar-refractivity contribution in [3.8, 4) is 10.8 Å². The van der Waals surface area contributed by atoms with Gasteiger partial charge in [-0.05, 0) is 60.6 Å². The summed E-state index contributed by atoms with van der Waals surface area (Å²) in [5.41, 5.74) is 3.64. The molecule has 0 spiro atoms. The number of carbonyl (C=O) groups is 2. The van der Waals surface area contributed by atoms with Crippen LogP contribution in [0.3, 0.4) is 0 Å². The van der Waals surface area contributed by atoms with Gasteiger partial charge in [-0.1, -0.05) is 18.7 Å². The number of hydrogen-bond acceptors (Lipinski definition) is 7. The fraction of sp³-hybridized carbons (Fsp3) is 0.333. The maximum Gasteiger partial charge on any atom is 0.277 e. The van der Waals surface area contributed by atoms with Gasteiger partial charge >= 0.3 is 0 Å². The topological polar surface area (TPSA) is 85.1 Å². The molecule has 1 atom stereocenters. The van der Waals surface area contributed by atoms with Gasteiger partial charge in [0.05, 0.1) is 17.1 Å². The Bertz CT molecular complexity index is 1120. The van der Waals surface area contributed by atoms with Crippen molar-refractivity contribution in [3.63, 3.8) is 0 Å². The third-order valence-electron chi connectivity index (χ3n) is 5.33. The molecule has 0 saturated carbocycles. The first kappa shape index (κ1) is 18.6. The molecule has 1 aliphatic heterocycles. The highest BCUT2D eigenvalue weighted by Crippen LogP contribution is 2.37. The lowest BCUT2D eigenvalue weighted by Crippen LogP contribution is -2.07. The number of amides is 1. The number of nitrogens with zero attached hydrogens (tertiary/aromatic N) is 2. The van der Waals surface area contributed by atoms with E-state index in [0.29, 0.717) is 23.1 Å². The molecular formula is C21H19N3O3S2. The molecule has 1 N–H and O–H groups in total. The predicted molar refractivity (Wildman–Crippen MR) is 113 cm³/mol. The molecule has 6 nitrogen and oxygen atoms in total. The van der Waals surface area contributed by atoms with Crippen molar-refractivity contribution in [3.05, 3.63) is 45.8 Å². The SMILES string of the molecule is C[C@@H]1CCc2sc(-c3nnc(SCC(=O)c4ccc5c(c4)CC(=O)N5)o3)cc2C1. The second kappa shape index (κ2) is 7.42. The van der Waals surface area contributed by atoms with Crippen LogP contribution in [0, 0.1) is 5.92 Å². The maximum absolute atomic E-state index is 12.5. The van der Waals surface area contributed by atoms with E-state index < -0.39 is 0 Å². The van der Waals surface area contributed by atoms with Crippen LogP contribution in [0.4, 0.5) is 5.69 Å². The van der Waals surface area contributed by atoms with Crippen LogP contribution < -0.4 is 5.32 Å². The maximum atomic E-state index is 12.5. The third-order valence-corrected chi connectivity index (χ3v) is 7.37. The Morgan fingerprint density at radius 1 is 1.31 bits per heavy atom. The Kier molecular flexibility index (Phi) is 4.75. The third kappa shape index (κ3) is 3.74. The number of anilines is 1. The van der Waals surface area contributed by atoms with Crippen molar-refractivity contribution in [2.75, 3.05) is 11.1 Å². The van der Waals surface area contributed by atoms with Crippen LogP contribution in [0.1, 0.15) is 39.7 Å². The van der Waals surface area contributed by atoms with Crippen molar-refractivity contribution < 1.29 is 14.0 Å². The number of thioether (sulfide) groups is 1. The molecular weight excluding hydrogens is 406 g/mol. The number of hydrogen-bond donors (Lipinski definition) is 1. The lowest BCUT2D eigenvalue weighted by molar-refractivity contribution is -0.115. The number of carbonyl (C=O) groups excluding carboxylic acids is 2. The summed E-state index contributed by atoms with van der Waals surface area (Å²) < 4.78 is 5.79. The minimum Gasteiger partial charge on any atom is -0.410 e. The Morgan fingerprint density at radius 2 is 2.21 bits per heavy atom. The van der Waals surface area contributed by atoms with Crippen molar-refractivity contribution in [2.45, 2.75) is 37.8 Å². The average molecular weight is 426 g/mol. The number of benzene rings is 1. The van der Waals surface area contributed by atoms with Gasteiger partial charge in [0.15, 0.2) is 5.78 Å². The Labute approximate surface area is 176 Å². The molecule has 2 aromatic heterocycles. The molecule has 1 aliphatic carbocycles. The Hall–Kier alpha value is -2.45. The highest BCUT2D eigenvalue weighted by molar-refractivity contribution is 7.99. The largest absolute Gasteiger partial charge is 0.410 e. The van der Waals surface area contributed by atoms with Crippen LogP contribution in [0.25, 0.3) is 10.8 Å². The van der Waals surface area contributed by atoms with E-state index in [1.165, 1.54) is 28.6 Å². The molecule has 0 unspecified atom stereocenters. The van der Waals surface area contributed by atoms with E-state index in [2.05, 4.69) is 28.5 Å². The fourth-order valence-electron chi connectivity index (χ4n) is 3.79. The normalized spacial score (nSPS) is 17.7. The highest BCUT2D eigenvalue weighted by Gasteiger charge is 2.22. The van der Waals surface area contributed by atoms with Gasteiger partial charge in [0.25, 0.3) is 11.1 Å². The van der Waals surface area contributed by atoms with Gasteiger partial charge in [-0.25, -0.2) is 0 Å². The van der Waals surface area contributed by atoms with E-state index in [1.54, 1.807) is 29.5 Å². The van der Waals surface area contributed by atoms with Crippen molar-refractivity contribution in [2.24, 2.45) is 5.92 Å². The number of ketones is 1. The van der Waals surface area contributed by atoms with Crippen LogP contribution >= 0.6 is 23.1 Å². The summed E-state index contributed by atoms with van der Waals surface area (Å²) in [6, 6.07) is 7.47. The zero-order chi connectivity index (χ0) is 20.0. The molecule has 148 valence electrons. The minimum atomic E-state index is -0.0397. The monoisotopic (exact) mass is 425 g/mol. The van der Waals surface area contributed by atoms with Crippen molar-refractivity contribution in [1.29, 1.82) is 0 Å². The lowest BCUT2D eigenvalue weighted by atomic mass is 9.90. The van der Waals surface area contributed by atoms with Gasteiger partial charge in [-0.3, -0.25) is 9.59 Å². The number of aryl methyl sites for hydroxylation is 1. The molecule has 0 saturated heterocycles. The van der Waals surface area contributed by atoms with Gasteiger partial charge in [0.2, 0.25) is 5.91 Å². The van der Waals surface area contributed by atoms with E-state index in [0.717, 1.165) is 34.9 Å². The molecule has 5 rings (SSSR count). The number of Topliss-reactive ketones (excluding diaryl/α,β-unsaturated/α-hetero) is 1. The smallest absolute Gasteiger partial charge is 0.277 e. The van der Waals surface area contributed by atoms with Gasteiger partial charge in [0.1, 0.15) is 0 Å². The summed E-state index contributed by atoms with van der Waals surface area (Å²) in [6.45, 7) is 2.29. The van der Waals surface area contributed by atoms with Crippen molar-refractivity contribution >= 4 is 40.5 Å². The summed E-state index contributed by atoms with van der Waals surface area (Å²) >= 11 is 2.97. The van der Waals surface area contributed by atoms with Gasteiger partial charge in [-0.2, -0.15) is 0 Å². The number of fused-ring (bicyclic) bond motifs is 2. The Balaban J connectivity index is 1.25. The van der Waals surface area contributed by atoms with E-state index in [-0.39, 0.29) is 17.4 Å². The molecule has 3 aromatic rings. The van der Waals surface area contributed by atoms with E-state index in [4.69, 9.17) is 4.42 Å². The highest BCUT2D eigenvalue weighted by atomic mass is 32.2. The zero-order valence-electron chi connectivity index (χ0n) is 15.9. The van der Waals surface area contributed by atoms with E-state index >= 15 is 0 Å². The molecule has 3 heterocycles. The number of rotatable bonds is 5. The second-order valence-electron chi connectivity index (χ2n) is 7.59. The number of thiophene rings is 1. The summed E-state index contributed by atoms with van der Waals surface area (Å²) in [6.07, 6.45) is 3.78. The molecule has 29 heavy (non-hydrogen) atoms. The number of aromatic nitrogens is 2. The zero-order valence-corrected chi connectivity index (χ0v) is 17.5. The van der Waals surface area contributed by atoms with Crippen molar-refractivity contribution in [1.82, 2.24) is 10.2 Å². The van der Waals surface area contributed by atoms with Crippen LogP contribution in [-0.2, 0) is 24.1 Å². The summed E-state index contributed by atoms with van der Waals surface area (Å²) in [5.74, 6) is 1.38. The summed E-state index contributed by atoms with van der Waals surface area (Å²) in [5, 5.41) is 11.4. The van der Waals surface area contributed by atoms with E-state index in [9.17, 15) is 9.59 Å². The van der Waals surface area contributed by atoms with Gasteiger partial charge < -0.3 is 9.73 Å². The first-order chi connectivity index (χ1) is 14.0. The fourth-order valence-corrected chi connectivity index (χ4v) is 5.58. The van der Waals surface area contributed by atoms with Gasteiger partial charge in [-0.15, -0.1) is 21.5 Å². The molecule has 1 amide bonds. The molecule has 0 bridgehead atoms. The summed E-state index contributed by atoms with van der Waals surface area (Å²) in [7, 11) is 0. The van der Waals surface area contributed by atoms with Crippen LogP contribution in [0.15, 0.2) is 33.9 Å². The molecule has 0 radical (unpaired) electrons. The first-order valence-electron chi connectivity index (χ1n) is 9.59. The molecule has 1 aromatic carbocycles. The molecule has 0 fully saturated rings. The summed E-state index contributed by atoms with van der Waals surface area (Å²) in [4.78, 5) is 26.4. The van der Waals surface area contributed by atoms with E-state index in [1.807, 2.05) is 0 Å². The predicted octanol–water partition coefficient (Wildman–Crippen LogP) is 4.39. The standard InChI is InChI=1S/C21H19N3O3S2/c1-11-2-5-17-14(6-11)8-18(29-17)20-23-24-21(27-20)28-10-16(25)12-3-4-15-13(7-12)9-19(26)22-15/h3-4,7-8,11H,2,5-6,9-10H2,1H3,(H,22,26)/t11-/m1/s1. The first-order valence-corrected chi connectivity index (χ1v) is 11.4. The Morgan fingerprint density at radius 3 is 3.10 bits per heavy atom. The van der Waals surface area contributed by atoms with Crippen LogP contribution in [0.2, 0.25) is 0 Å². The van der Waals surface area contributed by atoms with Crippen LogP contribution in [0.5, 0.6) is 0 Å². The number of nitrogens with one attached hydrogen (secondary N) is 1. The quantitative estimate of drug-likeness (QED) is 0.482. The van der Waals surface area contributed by atoms with Crippen LogP contribution in [-0.4, -0.2) is 27.6 Å².